The Morgan fingerprint density at radius 2 is 1.02 bits per heavy atom. The first-order valence-electron chi connectivity index (χ1n) is 19.4. The molecule has 12 aromatic rings. The van der Waals surface area contributed by atoms with E-state index in [9.17, 15) is 0 Å². The molecule has 0 unspecified atom stereocenters. The Kier molecular flexibility index (Phi) is 7.37. The molecular formula is C53H31N3OS. The van der Waals surface area contributed by atoms with Crippen molar-refractivity contribution in [1.29, 1.82) is 0 Å². The van der Waals surface area contributed by atoms with Gasteiger partial charge >= 0.3 is 0 Å². The molecule has 270 valence electrons. The van der Waals surface area contributed by atoms with Crippen LogP contribution in [0.15, 0.2) is 192 Å². The van der Waals surface area contributed by atoms with E-state index >= 15 is 0 Å². The van der Waals surface area contributed by atoms with Gasteiger partial charge in [-0.1, -0.05) is 158 Å². The number of furan rings is 1. The van der Waals surface area contributed by atoms with Gasteiger partial charge in [-0.15, -0.1) is 11.3 Å². The Labute approximate surface area is 337 Å². The first-order chi connectivity index (χ1) is 28.7. The van der Waals surface area contributed by atoms with E-state index in [0.717, 1.165) is 88.7 Å². The van der Waals surface area contributed by atoms with Gasteiger partial charge in [0, 0.05) is 53.9 Å². The van der Waals surface area contributed by atoms with E-state index < -0.39 is 0 Å². The Morgan fingerprint density at radius 1 is 0.397 bits per heavy atom. The standard InChI is InChI=1S/C53H31N3OS/c1-2-13-34(14-3-1)53-55-45(31-46(56-53)42-21-12-20-40-39-17-7-10-23-47(39)57-51(40)42)38-30-29-35(36-15-4-5-16-37(36)38)32-25-27-33(28-26-32)50-52-49(41-18-6-9-22-44(41)54-50)43-19-8-11-24-48(43)58-52/h1-31H. The molecule has 0 saturated heterocycles. The normalized spacial score (nSPS) is 11.8. The lowest BCUT2D eigenvalue weighted by atomic mass is 9.92. The number of pyridine rings is 1. The van der Waals surface area contributed by atoms with Crippen LogP contribution in [-0.2, 0) is 0 Å². The summed E-state index contributed by atoms with van der Waals surface area (Å²) in [5, 5.41) is 8.20. The maximum absolute atomic E-state index is 6.49. The molecule has 12 rings (SSSR count). The molecule has 0 aliphatic rings. The lowest BCUT2D eigenvalue weighted by molar-refractivity contribution is 0.670. The van der Waals surface area contributed by atoms with Crippen LogP contribution in [-0.4, -0.2) is 15.0 Å². The van der Waals surface area contributed by atoms with Crippen molar-refractivity contribution in [3.8, 4) is 56.3 Å². The molecule has 0 atom stereocenters. The van der Waals surface area contributed by atoms with Gasteiger partial charge in [0.15, 0.2) is 5.82 Å². The smallest absolute Gasteiger partial charge is 0.160 e. The maximum Gasteiger partial charge on any atom is 0.160 e. The number of hydrogen-bond acceptors (Lipinski definition) is 5. The SMILES string of the molecule is c1ccc(-c2nc(-c3ccc(-c4ccc(-c5nc6ccccc6c6c5sc5ccccc56)cc4)c4ccccc34)cc(-c3cccc4c3oc3ccccc34)n2)cc1. The van der Waals surface area contributed by atoms with Crippen LogP contribution in [0.25, 0.3) is 120 Å². The molecule has 5 heteroatoms. The van der Waals surface area contributed by atoms with Crippen LogP contribution in [0.4, 0.5) is 0 Å². The molecule has 0 amide bonds. The van der Waals surface area contributed by atoms with Crippen LogP contribution in [0.2, 0.25) is 0 Å². The first kappa shape index (κ1) is 32.7. The molecule has 0 saturated carbocycles. The minimum Gasteiger partial charge on any atom is -0.455 e. The van der Waals surface area contributed by atoms with E-state index in [0.29, 0.717) is 5.82 Å². The fourth-order valence-electron chi connectivity index (χ4n) is 8.60. The second-order valence-electron chi connectivity index (χ2n) is 14.7. The summed E-state index contributed by atoms with van der Waals surface area (Å²) in [4.78, 5) is 15.6. The van der Waals surface area contributed by atoms with Gasteiger partial charge in [-0.25, -0.2) is 15.0 Å². The highest BCUT2D eigenvalue weighted by atomic mass is 32.1. The van der Waals surface area contributed by atoms with E-state index in [1.807, 2.05) is 41.7 Å². The van der Waals surface area contributed by atoms with Crippen molar-refractivity contribution >= 4 is 75.1 Å². The second kappa shape index (κ2) is 13.1. The minimum atomic E-state index is 0.667. The van der Waals surface area contributed by atoms with Crippen LogP contribution in [0.3, 0.4) is 0 Å². The van der Waals surface area contributed by atoms with Gasteiger partial charge in [0.2, 0.25) is 0 Å². The lowest BCUT2D eigenvalue weighted by Gasteiger charge is -2.14. The molecule has 0 radical (unpaired) electrons. The van der Waals surface area contributed by atoms with E-state index in [4.69, 9.17) is 19.4 Å². The molecule has 0 aliphatic heterocycles. The number of hydrogen-bond donors (Lipinski definition) is 0. The van der Waals surface area contributed by atoms with Gasteiger partial charge in [0.1, 0.15) is 11.2 Å². The third-order valence-corrected chi connectivity index (χ3v) is 12.5. The number of fused-ring (bicyclic) bond motifs is 9. The predicted octanol–water partition coefficient (Wildman–Crippen LogP) is 14.8. The van der Waals surface area contributed by atoms with Crippen molar-refractivity contribution in [2.75, 3.05) is 0 Å². The Morgan fingerprint density at radius 3 is 1.84 bits per heavy atom. The molecular weight excluding hydrogens is 727 g/mol. The van der Waals surface area contributed by atoms with Crippen molar-refractivity contribution < 1.29 is 4.42 Å². The Balaban J connectivity index is 0.998. The first-order valence-corrected chi connectivity index (χ1v) is 20.2. The number of aromatic nitrogens is 3. The van der Waals surface area contributed by atoms with Crippen LogP contribution in [0.5, 0.6) is 0 Å². The molecule has 58 heavy (non-hydrogen) atoms. The Bertz CT molecular complexity index is 3570. The quantitative estimate of drug-likeness (QED) is 0.175. The number of para-hydroxylation sites is 3. The van der Waals surface area contributed by atoms with Crippen molar-refractivity contribution in [3.05, 3.63) is 188 Å². The zero-order valence-electron chi connectivity index (χ0n) is 31.1. The zero-order valence-corrected chi connectivity index (χ0v) is 31.9. The topological polar surface area (TPSA) is 51.8 Å². The predicted molar refractivity (Wildman–Crippen MR) is 242 cm³/mol. The van der Waals surface area contributed by atoms with Gasteiger partial charge in [-0.2, -0.15) is 0 Å². The molecule has 0 aliphatic carbocycles. The Hall–Kier alpha value is -7.47. The van der Waals surface area contributed by atoms with Gasteiger partial charge < -0.3 is 4.42 Å². The lowest BCUT2D eigenvalue weighted by Crippen LogP contribution is -1.97. The molecule has 4 aromatic heterocycles. The van der Waals surface area contributed by atoms with E-state index in [-0.39, 0.29) is 0 Å². The molecule has 0 fully saturated rings. The summed E-state index contributed by atoms with van der Waals surface area (Å²) in [5.41, 5.74) is 11.7. The summed E-state index contributed by atoms with van der Waals surface area (Å²) in [6.45, 7) is 0. The third-order valence-electron chi connectivity index (χ3n) is 11.3. The number of thiophene rings is 1. The van der Waals surface area contributed by atoms with Gasteiger partial charge in [0.05, 0.1) is 27.3 Å². The summed E-state index contributed by atoms with van der Waals surface area (Å²) in [5.74, 6) is 0.667. The van der Waals surface area contributed by atoms with Crippen molar-refractivity contribution in [3.63, 3.8) is 0 Å². The number of rotatable bonds is 5. The van der Waals surface area contributed by atoms with Gasteiger partial charge in [-0.05, 0) is 52.2 Å². The van der Waals surface area contributed by atoms with Crippen LogP contribution in [0, 0.1) is 0 Å². The van der Waals surface area contributed by atoms with E-state index in [1.54, 1.807) is 0 Å². The van der Waals surface area contributed by atoms with Crippen molar-refractivity contribution in [1.82, 2.24) is 15.0 Å². The molecule has 0 spiro atoms. The molecule has 8 aromatic carbocycles. The highest BCUT2D eigenvalue weighted by Gasteiger charge is 2.19. The van der Waals surface area contributed by atoms with Crippen LogP contribution < -0.4 is 0 Å². The van der Waals surface area contributed by atoms with Gasteiger partial charge in [-0.3, -0.25) is 0 Å². The maximum atomic E-state index is 6.49. The number of benzene rings is 8. The minimum absolute atomic E-state index is 0.667. The summed E-state index contributed by atoms with van der Waals surface area (Å²) < 4.78 is 8.99. The number of nitrogens with zero attached hydrogens (tertiary/aromatic N) is 3. The monoisotopic (exact) mass is 757 g/mol. The largest absolute Gasteiger partial charge is 0.455 e. The zero-order chi connectivity index (χ0) is 38.2. The molecule has 4 heterocycles. The fraction of sp³-hybridized carbons (Fsp3) is 0. The van der Waals surface area contributed by atoms with E-state index in [1.165, 1.54) is 25.6 Å². The summed E-state index contributed by atoms with van der Waals surface area (Å²) in [6.07, 6.45) is 0. The van der Waals surface area contributed by atoms with Crippen molar-refractivity contribution in [2.24, 2.45) is 0 Å². The highest BCUT2D eigenvalue weighted by Crippen LogP contribution is 2.44. The fourth-order valence-corrected chi connectivity index (χ4v) is 9.83. The van der Waals surface area contributed by atoms with E-state index in [2.05, 4.69) is 158 Å². The summed E-state index contributed by atoms with van der Waals surface area (Å²) >= 11 is 1.82. The average Bonchev–Trinajstić information content (AvgIpc) is 3.88. The van der Waals surface area contributed by atoms with Crippen LogP contribution in [0.1, 0.15) is 0 Å². The van der Waals surface area contributed by atoms with Crippen LogP contribution >= 0.6 is 11.3 Å². The summed E-state index contributed by atoms with van der Waals surface area (Å²) in [6, 6.07) is 66.0. The second-order valence-corrected chi connectivity index (χ2v) is 15.7. The highest BCUT2D eigenvalue weighted by molar-refractivity contribution is 7.26. The average molecular weight is 758 g/mol. The van der Waals surface area contributed by atoms with Gasteiger partial charge in [0.25, 0.3) is 0 Å². The van der Waals surface area contributed by atoms with Crippen molar-refractivity contribution in [2.45, 2.75) is 0 Å². The molecule has 0 bridgehead atoms. The molecule has 0 N–H and O–H groups in total. The summed E-state index contributed by atoms with van der Waals surface area (Å²) in [7, 11) is 0. The third kappa shape index (κ3) is 5.18. The molecule has 4 nitrogen and oxygen atoms in total.